The average molecular weight is 568 g/mol. The van der Waals surface area contributed by atoms with Crippen LogP contribution in [0.25, 0.3) is 0 Å². The Hall–Kier alpha value is -3.24. The molecule has 0 spiro atoms. The fourth-order valence-electron chi connectivity index (χ4n) is 6.57. The van der Waals surface area contributed by atoms with Gasteiger partial charge in [0.1, 0.15) is 12.2 Å². The van der Waals surface area contributed by atoms with E-state index in [1.54, 1.807) is 18.5 Å². The van der Waals surface area contributed by atoms with Crippen LogP contribution in [-0.4, -0.2) is 38.9 Å². The number of aromatic nitrogens is 3. The highest BCUT2D eigenvalue weighted by Crippen LogP contribution is 2.45. The Morgan fingerprint density at radius 3 is 2.61 bits per heavy atom. The molecular weight excluding hydrogens is 531 g/mol. The van der Waals surface area contributed by atoms with E-state index in [1.165, 1.54) is 11.0 Å². The highest BCUT2D eigenvalue weighted by molar-refractivity contribution is 6.10. The van der Waals surface area contributed by atoms with E-state index in [4.69, 9.17) is 4.74 Å². The maximum absolute atomic E-state index is 14.2. The molecular formula is C31H36F3N5O2. The van der Waals surface area contributed by atoms with Gasteiger partial charge in [-0.3, -0.25) is 4.79 Å². The molecule has 41 heavy (non-hydrogen) atoms. The number of carbonyl (C=O) groups excluding carboxylic acids is 1. The summed E-state index contributed by atoms with van der Waals surface area (Å²) < 4.78 is 50.4. The van der Waals surface area contributed by atoms with Crippen LogP contribution in [0.2, 0.25) is 0 Å². The number of hydrogen-bond acceptors (Lipinski definition) is 5. The van der Waals surface area contributed by atoms with E-state index < -0.39 is 17.6 Å². The number of hydrogen-bond donors (Lipinski definition) is 1. The van der Waals surface area contributed by atoms with Gasteiger partial charge in [0.25, 0.3) is 5.91 Å². The minimum absolute atomic E-state index is 0.0370. The molecule has 2 saturated carbocycles. The number of halogens is 3. The molecule has 1 aliphatic heterocycles. The third kappa shape index (κ3) is 5.28. The Morgan fingerprint density at radius 2 is 1.98 bits per heavy atom. The molecule has 10 heteroatoms. The second kappa shape index (κ2) is 10.5. The lowest BCUT2D eigenvalue weighted by atomic mass is 9.70. The van der Waals surface area contributed by atoms with Gasteiger partial charge in [0.05, 0.1) is 18.2 Å². The standard InChI is InChI=1S/C31H36F3N5O2/c1-4-41-23-14-21(15-23)27(28-37-36-18-38(28)3)20-7-5-8-22(13-20)39-17-25-24(29(39)40)11-19(12-26(25)31(32,33)34)16-35-30(2)9-6-10-30/h5,7-8,11-13,18,21,23,27,35H,4,6,9-10,14-17H2,1-3H3. The highest BCUT2D eigenvalue weighted by atomic mass is 19.4. The van der Waals surface area contributed by atoms with Crippen molar-refractivity contribution in [2.24, 2.45) is 13.0 Å². The zero-order valence-electron chi connectivity index (χ0n) is 23.7. The number of nitrogens with zero attached hydrogens (tertiary/aromatic N) is 4. The number of amides is 1. The highest BCUT2D eigenvalue weighted by Gasteiger charge is 2.42. The molecule has 1 aromatic heterocycles. The van der Waals surface area contributed by atoms with Crippen LogP contribution < -0.4 is 10.2 Å². The summed E-state index contributed by atoms with van der Waals surface area (Å²) in [6, 6.07) is 10.4. The van der Waals surface area contributed by atoms with Crippen molar-refractivity contribution in [1.29, 1.82) is 0 Å². The normalized spacial score (nSPS) is 22.3. The number of benzene rings is 2. The number of aryl methyl sites for hydroxylation is 1. The third-order valence-electron chi connectivity index (χ3n) is 9.15. The van der Waals surface area contributed by atoms with Crippen LogP contribution in [0.4, 0.5) is 18.9 Å². The summed E-state index contributed by atoms with van der Waals surface area (Å²) in [5.74, 6) is 0.612. The molecule has 1 N–H and O–H groups in total. The van der Waals surface area contributed by atoms with Crippen molar-refractivity contribution in [2.75, 3.05) is 11.5 Å². The lowest BCUT2D eigenvalue weighted by molar-refractivity contribution is -0.138. The van der Waals surface area contributed by atoms with E-state index >= 15 is 0 Å². The molecule has 1 atom stereocenters. The number of ether oxygens (including phenoxy) is 1. The fraction of sp³-hybridized carbons (Fsp3) is 0.516. The number of fused-ring (bicyclic) bond motifs is 1. The summed E-state index contributed by atoms with van der Waals surface area (Å²) in [4.78, 5) is 15.1. The zero-order chi connectivity index (χ0) is 28.9. The molecule has 2 aromatic carbocycles. The minimum Gasteiger partial charge on any atom is -0.378 e. The number of anilines is 1. The van der Waals surface area contributed by atoms with Crippen LogP contribution in [0.5, 0.6) is 0 Å². The molecule has 2 fully saturated rings. The first kappa shape index (κ1) is 27.9. The van der Waals surface area contributed by atoms with Crippen LogP contribution >= 0.6 is 0 Å². The molecule has 7 nitrogen and oxygen atoms in total. The van der Waals surface area contributed by atoms with Crippen molar-refractivity contribution in [1.82, 2.24) is 20.1 Å². The lowest BCUT2D eigenvalue weighted by Gasteiger charge is -2.40. The van der Waals surface area contributed by atoms with E-state index in [1.807, 2.05) is 36.7 Å². The molecule has 6 rings (SSSR count). The first-order chi connectivity index (χ1) is 19.6. The summed E-state index contributed by atoms with van der Waals surface area (Å²) >= 11 is 0. The van der Waals surface area contributed by atoms with Crippen LogP contribution in [0.15, 0.2) is 42.7 Å². The van der Waals surface area contributed by atoms with Crippen molar-refractivity contribution in [3.8, 4) is 0 Å². The molecule has 3 aliphatic rings. The van der Waals surface area contributed by atoms with E-state index in [2.05, 4.69) is 22.4 Å². The molecule has 3 aromatic rings. The molecule has 0 bridgehead atoms. The van der Waals surface area contributed by atoms with Gasteiger partial charge in [0.15, 0.2) is 0 Å². The molecule has 218 valence electrons. The Kier molecular flexibility index (Phi) is 7.18. The van der Waals surface area contributed by atoms with Crippen molar-refractivity contribution in [3.05, 3.63) is 76.4 Å². The largest absolute Gasteiger partial charge is 0.416 e. The average Bonchev–Trinajstić information content (AvgIpc) is 3.47. The van der Waals surface area contributed by atoms with Crippen molar-refractivity contribution < 1.29 is 22.7 Å². The lowest BCUT2D eigenvalue weighted by Crippen LogP contribution is -2.47. The Morgan fingerprint density at radius 1 is 1.20 bits per heavy atom. The SMILES string of the molecule is CCOC1CC(C(c2cccc(N3Cc4c(cc(CNC5(C)CCC5)cc4C(F)(F)F)C3=O)c2)c2nncn2C)C1. The molecule has 1 amide bonds. The summed E-state index contributed by atoms with van der Waals surface area (Å²) in [6.07, 6.45) is 2.18. The van der Waals surface area contributed by atoms with E-state index in [0.717, 1.165) is 43.5 Å². The predicted octanol–water partition coefficient (Wildman–Crippen LogP) is 5.97. The summed E-state index contributed by atoms with van der Waals surface area (Å²) in [5, 5.41) is 11.9. The zero-order valence-corrected chi connectivity index (χ0v) is 23.7. The first-order valence-electron chi connectivity index (χ1n) is 14.4. The van der Waals surface area contributed by atoms with Gasteiger partial charge in [-0.25, -0.2) is 0 Å². The van der Waals surface area contributed by atoms with Crippen LogP contribution in [-0.2, 0) is 31.1 Å². The van der Waals surface area contributed by atoms with E-state index in [9.17, 15) is 18.0 Å². The number of nitrogens with one attached hydrogen (secondary N) is 1. The molecule has 1 unspecified atom stereocenters. The number of alkyl halides is 3. The number of carbonyl (C=O) groups is 1. The first-order valence-corrected chi connectivity index (χ1v) is 14.4. The van der Waals surface area contributed by atoms with Crippen molar-refractivity contribution >= 4 is 11.6 Å². The van der Waals surface area contributed by atoms with E-state index in [-0.39, 0.29) is 41.2 Å². The van der Waals surface area contributed by atoms with Crippen LogP contribution in [0.3, 0.4) is 0 Å². The second-order valence-electron chi connectivity index (χ2n) is 12.0. The quantitative estimate of drug-likeness (QED) is 0.345. The monoisotopic (exact) mass is 567 g/mol. The molecule has 0 radical (unpaired) electrons. The van der Waals surface area contributed by atoms with Gasteiger partial charge < -0.3 is 19.5 Å². The van der Waals surface area contributed by atoms with Crippen LogP contribution in [0, 0.1) is 5.92 Å². The van der Waals surface area contributed by atoms with Gasteiger partial charge in [-0.1, -0.05) is 12.1 Å². The molecule has 0 saturated heterocycles. The van der Waals surface area contributed by atoms with Gasteiger partial charge in [-0.05, 0) is 92.8 Å². The maximum atomic E-state index is 14.2. The van der Waals surface area contributed by atoms with Gasteiger partial charge in [0, 0.05) is 42.9 Å². The molecule has 2 aliphatic carbocycles. The van der Waals surface area contributed by atoms with Gasteiger partial charge in [0.2, 0.25) is 0 Å². The van der Waals surface area contributed by atoms with Crippen LogP contribution in [0.1, 0.15) is 90.3 Å². The van der Waals surface area contributed by atoms with E-state index in [0.29, 0.717) is 24.4 Å². The second-order valence-corrected chi connectivity index (χ2v) is 12.0. The summed E-state index contributed by atoms with van der Waals surface area (Å²) in [7, 11) is 1.90. The summed E-state index contributed by atoms with van der Waals surface area (Å²) in [5.41, 5.74) is 1.38. The maximum Gasteiger partial charge on any atom is 0.416 e. The third-order valence-corrected chi connectivity index (χ3v) is 9.15. The van der Waals surface area contributed by atoms with Gasteiger partial charge in [-0.15, -0.1) is 10.2 Å². The van der Waals surface area contributed by atoms with Crippen molar-refractivity contribution in [3.63, 3.8) is 0 Å². The van der Waals surface area contributed by atoms with Gasteiger partial charge in [-0.2, -0.15) is 13.2 Å². The minimum atomic E-state index is -4.56. The smallest absolute Gasteiger partial charge is 0.378 e. The molecule has 2 heterocycles. The predicted molar refractivity (Wildman–Crippen MR) is 148 cm³/mol. The Labute approximate surface area is 238 Å². The number of rotatable bonds is 9. The Balaban J connectivity index is 1.30. The van der Waals surface area contributed by atoms with Crippen molar-refractivity contribution in [2.45, 2.75) is 82.8 Å². The van der Waals surface area contributed by atoms with Gasteiger partial charge >= 0.3 is 6.18 Å². The Bertz CT molecular complexity index is 1440. The fourth-order valence-corrected chi connectivity index (χ4v) is 6.57. The summed E-state index contributed by atoms with van der Waals surface area (Å²) in [6.45, 7) is 4.90. The topological polar surface area (TPSA) is 72.3 Å².